The third-order valence-electron chi connectivity index (χ3n) is 5.10. The van der Waals surface area contributed by atoms with Gasteiger partial charge in [0.2, 0.25) is 5.91 Å². The lowest BCUT2D eigenvalue weighted by Crippen LogP contribution is -3.28. The van der Waals surface area contributed by atoms with Crippen molar-refractivity contribution in [3.63, 3.8) is 0 Å². The Kier molecular flexibility index (Phi) is 8.53. The molecule has 1 aliphatic heterocycles. The number of piperazine rings is 1. The Morgan fingerprint density at radius 1 is 1.07 bits per heavy atom. The lowest BCUT2D eigenvalue weighted by molar-refractivity contribution is -1.02. The molecule has 4 N–H and O–H groups in total. The number of carbonyl (C=O) groups is 2. The molecular weight excluding hydrogens is 360 g/mol. The number of likely N-dealkylation sites (N-methyl/N-ethyl adjacent to an activating group) is 1. The van der Waals surface area contributed by atoms with Crippen LogP contribution in [0.5, 0.6) is 11.5 Å². The number of ether oxygens (including phenoxy) is 2. The highest BCUT2D eigenvalue weighted by Gasteiger charge is 2.26. The maximum atomic E-state index is 12.2. The molecule has 2 rings (SSSR count). The van der Waals surface area contributed by atoms with E-state index in [1.54, 1.807) is 21.1 Å². The van der Waals surface area contributed by atoms with Crippen molar-refractivity contribution in [1.82, 2.24) is 10.6 Å². The molecule has 1 fully saturated rings. The molecular formula is C20H34N4O4+2. The molecule has 0 unspecified atom stereocenters. The van der Waals surface area contributed by atoms with Gasteiger partial charge in [-0.25, -0.2) is 0 Å². The first kappa shape index (κ1) is 22.0. The van der Waals surface area contributed by atoms with E-state index in [0.29, 0.717) is 13.1 Å². The highest BCUT2D eigenvalue weighted by Crippen LogP contribution is 2.27. The third kappa shape index (κ3) is 6.38. The SMILES string of the molecule is CCNC(=O)[C@H](C)NC(=O)C[NH+]1CC[NH+](Cc2ccc(OC)c(OC)c2)CC1. The van der Waals surface area contributed by atoms with Crippen LogP contribution in [0.4, 0.5) is 0 Å². The lowest BCUT2D eigenvalue weighted by Gasteiger charge is -2.29. The van der Waals surface area contributed by atoms with Crippen LogP contribution in [0.3, 0.4) is 0 Å². The molecule has 2 amide bonds. The van der Waals surface area contributed by atoms with E-state index in [9.17, 15) is 9.59 Å². The van der Waals surface area contributed by atoms with Crippen molar-refractivity contribution in [2.24, 2.45) is 0 Å². The number of quaternary nitrogens is 2. The van der Waals surface area contributed by atoms with Gasteiger partial charge < -0.3 is 29.9 Å². The molecule has 1 aromatic rings. The molecule has 1 atom stereocenters. The van der Waals surface area contributed by atoms with Crippen molar-refractivity contribution in [2.45, 2.75) is 26.4 Å². The maximum absolute atomic E-state index is 12.2. The van der Waals surface area contributed by atoms with Gasteiger partial charge in [0.1, 0.15) is 38.8 Å². The molecule has 0 aromatic heterocycles. The number of methoxy groups -OCH3 is 2. The van der Waals surface area contributed by atoms with E-state index in [2.05, 4.69) is 16.7 Å². The number of nitrogens with one attached hydrogen (secondary N) is 4. The van der Waals surface area contributed by atoms with Gasteiger partial charge in [0, 0.05) is 12.1 Å². The minimum atomic E-state index is -0.496. The first-order chi connectivity index (χ1) is 13.5. The smallest absolute Gasteiger partial charge is 0.275 e. The van der Waals surface area contributed by atoms with Crippen LogP contribution in [0.25, 0.3) is 0 Å². The minimum Gasteiger partial charge on any atom is -0.493 e. The van der Waals surface area contributed by atoms with E-state index in [-0.39, 0.29) is 11.8 Å². The van der Waals surface area contributed by atoms with Crippen LogP contribution in [-0.4, -0.2) is 71.3 Å². The van der Waals surface area contributed by atoms with Crippen molar-refractivity contribution < 1.29 is 28.9 Å². The van der Waals surface area contributed by atoms with Gasteiger partial charge in [0.05, 0.1) is 14.2 Å². The Morgan fingerprint density at radius 3 is 2.32 bits per heavy atom. The number of carbonyl (C=O) groups excluding carboxylic acids is 2. The fourth-order valence-electron chi connectivity index (χ4n) is 3.50. The average molecular weight is 395 g/mol. The molecule has 0 saturated carbocycles. The molecule has 8 nitrogen and oxygen atoms in total. The molecule has 1 aliphatic rings. The molecule has 156 valence electrons. The first-order valence-corrected chi connectivity index (χ1v) is 9.91. The summed E-state index contributed by atoms with van der Waals surface area (Å²) in [5.41, 5.74) is 1.21. The summed E-state index contributed by atoms with van der Waals surface area (Å²) in [6, 6.07) is 5.55. The summed E-state index contributed by atoms with van der Waals surface area (Å²) in [6.07, 6.45) is 0. The van der Waals surface area contributed by atoms with E-state index in [1.165, 1.54) is 15.4 Å². The van der Waals surface area contributed by atoms with Crippen molar-refractivity contribution in [3.05, 3.63) is 23.8 Å². The third-order valence-corrected chi connectivity index (χ3v) is 5.10. The van der Waals surface area contributed by atoms with Gasteiger partial charge in [0.15, 0.2) is 18.0 Å². The summed E-state index contributed by atoms with van der Waals surface area (Å²) in [5.74, 6) is 1.28. The van der Waals surface area contributed by atoms with Crippen LogP contribution in [0.15, 0.2) is 18.2 Å². The number of hydrogen-bond donors (Lipinski definition) is 4. The van der Waals surface area contributed by atoms with Crippen molar-refractivity contribution in [3.8, 4) is 11.5 Å². The zero-order valence-electron chi connectivity index (χ0n) is 17.4. The normalized spacial score (nSPS) is 20.1. The van der Waals surface area contributed by atoms with Gasteiger partial charge in [-0.05, 0) is 32.0 Å². The standard InChI is InChI=1S/C20H32N4O4/c1-5-21-20(26)15(2)22-19(25)14-24-10-8-23(9-11-24)13-16-6-7-17(27-3)18(12-16)28-4/h6-7,12,15H,5,8-11,13-14H2,1-4H3,(H,21,26)(H,22,25)/p+2/t15-/m0/s1. The monoisotopic (exact) mass is 394 g/mol. The summed E-state index contributed by atoms with van der Waals surface area (Å²) in [5, 5.41) is 5.50. The lowest BCUT2D eigenvalue weighted by atomic mass is 10.1. The summed E-state index contributed by atoms with van der Waals surface area (Å²) >= 11 is 0. The summed E-state index contributed by atoms with van der Waals surface area (Å²) < 4.78 is 10.7. The van der Waals surface area contributed by atoms with Gasteiger partial charge in [-0.1, -0.05) is 0 Å². The van der Waals surface area contributed by atoms with Crippen LogP contribution in [0.2, 0.25) is 0 Å². The number of rotatable bonds is 9. The number of hydrogen-bond acceptors (Lipinski definition) is 4. The summed E-state index contributed by atoms with van der Waals surface area (Å²) in [7, 11) is 3.28. The Balaban J connectivity index is 1.77. The average Bonchev–Trinajstić information content (AvgIpc) is 2.69. The van der Waals surface area contributed by atoms with E-state index in [1.807, 2.05) is 19.1 Å². The van der Waals surface area contributed by atoms with Crippen LogP contribution < -0.4 is 29.9 Å². The predicted octanol–water partition coefficient (Wildman–Crippen LogP) is -2.37. The van der Waals surface area contributed by atoms with Crippen molar-refractivity contribution >= 4 is 11.8 Å². The van der Waals surface area contributed by atoms with Gasteiger partial charge in [0.25, 0.3) is 5.91 Å². The van der Waals surface area contributed by atoms with Gasteiger partial charge in [-0.15, -0.1) is 0 Å². The minimum absolute atomic E-state index is 0.0721. The van der Waals surface area contributed by atoms with Crippen LogP contribution in [0, 0.1) is 0 Å². The van der Waals surface area contributed by atoms with Gasteiger partial charge >= 0.3 is 0 Å². The molecule has 0 bridgehead atoms. The number of benzene rings is 1. The van der Waals surface area contributed by atoms with Crippen LogP contribution in [-0.2, 0) is 16.1 Å². The maximum Gasteiger partial charge on any atom is 0.275 e. The zero-order valence-corrected chi connectivity index (χ0v) is 17.4. The van der Waals surface area contributed by atoms with E-state index in [0.717, 1.165) is 44.2 Å². The molecule has 1 aromatic carbocycles. The second-order valence-corrected chi connectivity index (χ2v) is 7.23. The number of amides is 2. The molecule has 28 heavy (non-hydrogen) atoms. The Bertz CT molecular complexity index is 660. The Hall–Kier alpha value is -2.32. The molecule has 1 saturated heterocycles. The Morgan fingerprint density at radius 2 is 1.71 bits per heavy atom. The van der Waals surface area contributed by atoms with Crippen LogP contribution >= 0.6 is 0 Å². The fourth-order valence-corrected chi connectivity index (χ4v) is 3.50. The quantitative estimate of drug-likeness (QED) is 0.377. The summed E-state index contributed by atoms with van der Waals surface area (Å²) in [6.45, 7) is 9.35. The highest BCUT2D eigenvalue weighted by atomic mass is 16.5. The van der Waals surface area contributed by atoms with E-state index >= 15 is 0 Å². The second kappa shape index (κ2) is 10.9. The molecule has 1 heterocycles. The predicted molar refractivity (Wildman–Crippen MR) is 106 cm³/mol. The topological polar surface area (TPSA) is 85.5 Å². The Labute approximate surface area is 167 Å². The van der Waals surface area contributed by atoms with Gasteiger partial charge in [-0.3, -0.25) is 9.59 Å². The van der Waals surface area contributed by atoms with E-state index < -0.39 is 6.04 Å². The van der Waals surface area contributed by atoms with Gasteiger partial charge in [-0.2, -0.15) is 0 Å². The van der Waals surface area contributed by atoms with E-state index in [4.69, 9.17) is 9.47 Å². The first-order valence-electron chi connectivity index (χ1n) is 9.91. The largest absolute Gasteiger partial charge is 0.493 e. The van der Waals surface area contributed by atoms with Crippen LogP contribution in [0.1, 0.15) is 19.4 Å². The fraction of sp³-hybridized carbons (Fsp3) is 0.600. The molecule has 0 aliphatic carbocycles. The zero-order chi connectivity index (χ0) is 20.5. The highest BCUT2D eigenvalue weighted by molar-refractivity contribution is 5.87. The molecule has 0 spiro atoms. The summed E-state index contributed by atoms with van der Waals surface area (Å²) in [4.78, 5) is 26.7. The molecule has 8 heteroatoms. The second-order valence-electron chi connectivity index (χ2n) is 7.23. The van der Waals surface area contributed by atoms with Crippen molar-refractivity contribution in [2.75, 3.05) is 53.5 Å². The van der Waals surface area contributed by atoms with Crippen molar-refractivity contribution in [1.29, 1.82) is 0 Å². The molecule has 0 radical (unpaired) electrons.